The van der Waals surface area contributed by atoms with E-state index in [1.807, 2.05) is 30.3 Å². The molecule has 0 aliphatic carbocycles. The van der Waals surface area contributed by atoms with Crippen LogP contribution in [0.15, 0.2) is 54.6 Å². The third-order valence-corrected chi connectivity index (χ3v) is 4.72. The van der Waals surface area contributed by atoms with E-state index in [2.05, 4.69) is 5.32 Å². The Morgan fingerprint density at radius 3 is 2.56 bits per heavy atom. The summed E-state index contributed by atoms with van der Waals surface area (Å²) in [6.45, 7) is 0.905. The van der Waals surface area contributed by atoms with Crippen molar-refractivity contribution >= 4 is 29.2 Å². The number of urea groups is 1. The van der Waals surface area contributed by atoms with Crippen LogP contribution in [-0.4, -0.2) is 47.7 Å². The monoisotopic (exact) mass is 387 g/mol. The number of amides is 3. The molecule has 0 saturated carbocycles. The normalized spacial score (nSPS) is 16.4. The topological polar surface area (TPSA) is 72.9 Å². The van der Waals surface area contributed by atoms with Crippen LogP contribution >= 0.6 is 11.6 Å². The first-order valence-electron chi connectivity index (χ1n) is 8.83. The van der Waals surface area contributed by atoms with Gasteiger partial charge in [-0.2, -0.15) is 0 Å². The Morgan fingerprint density at radius 1 is 1.19 bits per heavy atom. The maximum atomic E-state index is 12.6. The van der Waals surface area contributed by atoms with Gasteiger partial charge in [-0.1, -0.05) is 41.9 Å². The lowest BCUT2D eigenvalue weighted by molar-refractivity contribution is -0.117. The maximum Gasteiger partial charge on any atom is 0.318 e. The van der Waals surface area contributed by atoms with E-state index in [4.69, 9.17) is 11.6 Å². The molecule has 1 heterocycles. The van der Waals surface area contributed by atoms with Crippen LogP contribution < -0.4 is 10.2 Å². The smallest absolute Gasteiger partial charge is 0.318 e. The zero-order valence-electron chi connectivity index (χ0n) is 14.8. The van der Waals surface area contributed by atoms with Gasteiger partial charge in [0, 0.05) is 36.8 Å². The highest BCUT2D eigenvalue weighted by Crippen LogP contribution is 2.23. The van der Waals surface area contributed by atoms with Gasteiger partial charge in [-0.3, -0.25) is 4.79 Å². The number of benzene rings is 2. The van der Waals surface area contributed by atoms with Crippen molar-refractivity contribution in [3.05, 3.63) is 65.2 Å². The molecule has 3 amide bonds. The SMILES string of the molecule is O=C(N[C@@H]1CC(=O)N(c2ccc(Cl)cc2)C1)N(CCO)Cc1ccccc1. The molecule has 1 fully saturated rings. The number of aliphatic hydroxyl groups is 1. The molecule has 2 N–H and O–H groups in total. The second kappa shape index (κ2) is 8.88. The second-order valence-electron chi connectivity index (χ2n) is 6.46. The van der Waals surface area contributed by atoms with Crippen molar-refractivity contribution in [1.29, 1.82) is 0 Å². The molecule has 1 atom stereocenters. The number of halogens is 1. The van der Waals surface area contributed by atoms with Crippen LogP contribution in [0, 0.1) is 0 Å². The van der Waals surface area contributed by atoms with Gasteiger partial charge >= 0.3 is 6.03 Å². The summed E-state index contributed by atoms with van der Waals surface area (Å²) in [7, 11) is 0. The molecule has 1 aliphatic rings. The Hall–Kier alpha value is -2.57. The lowest BCUT2D eigenvalue weighted by Crippen LogP contribution is -2.46. The number of rotatable bonds is 6. The molecule has 142 valence electrons. The summed E-state index contributed by atoms with van der Waals surface area (Å²) < 4.78 is 0. The molecule has 2 aromatic rings. The number of hydrogen-bond acceptors (Lipinski definition) is 3. The first-order chi connectivity index (χ1) is 13.1. The Bertz CT molecular complexity index is 783. The molecule has 7 heteroatoms. The molecule has 3 rings (SSSR count). The minimum absolute atomic E-state index is 0.0422. The highest BCUT2D eigenvalue weighted by Gasteiger charge is 2.32. The third-order valence-electron chi connectivity index (χ3n) is 4.46. The van der Waals surface area contributed by atoms with Crippen molar-refractivity contribution in [2.45, 2.75) is 19.0 Å². The lowest BCUT2D eigenvalue weighted by Gasteiger charge is -2.24. The Balaban J connectivity index is 1.62. The molecule has 0 radical (unpaired) electrons. The summed E-state index contributed by atoms with van der Waals surface area (Å²) in [6.07, 6.45) is 0.243. The zero-order valence-corrected chi connectivity index (χ0v) is 15.6. The number of nitrogens with one attached hydrogen (secondary N) is 1. The lowest BCUT2D eigenvalue weighted by atomic mass is 10.2. The Kier molecular flexibility index (Phi) is 6.32. The number of aliphatic hydroxyl groups excluding tert-OH is 1. The van der Waals surface area contributed by atoms with Gasteiger partial charge in [0.25, 0.3) is 0 Å². The predicted molar refractivity (Wildman–Crippen MR) is 105 cm³/mol. The standard InChI is InChI=1S/C20H22ClN3O3/c21-16-6-8-18(9-7-16)24-14-17(12-19(24)26)22-20(27)23(10-11-25)13-15-4-2-1-3-5-15/h1-9,17,25H,10-14H2,(H,22,27)/t17-/m1/s1. The van der Waals surface area contributed by atoms with Crippen molar-refractivity contribution in [1.82, 2.24) is 10.2 Å². The molecule has 27 heavy (non-hydrogen) atoms. The summed E-state index contributed by atoms with van der Waals surface area (Å²) in [6, 6.07) is 16.1. The van der Waals surface area contributed by atoms with E-state index < -0.39 is 0 Å². The molecule has 0 bridgehead atoms. The van der Waals surface area contributed by atoms with E-state index in [-0.39, 0.29) is 37.6 Å². The molecule has 0 spiro atoms. The van der Waals surface area contributed by atoms with Gasteiger partial charge in [0.05, 0.1) is 12.6 Å². The average molecular weight is 388 g/mol. The Morgan fingerprint density at radius 2 is 1.89 bits per heavy atom. The minimum atomic E-state index is -0.288. The quantitative estimate of drug-likeness (QED) is 0.800. The van der Waals surface area contributed by atoms with Gasteiger partial charge < -0.3 is 20.2 Å². The molecule has 6 nitrogen and oxygen atoms in total. The van der Waals surface area contributed by atoms with E-state index >= 15 is 0 Å². The van der Waals surface area contributed by atoms with Crippen LogP contribution in [0.5, 0.6) is 0 Å². The summed E-state index contributed by atoms with van der Waals surface area (Å²) in [4.78, 5) is 28.2. The van der Waals surface area contributed by atoms with Gasteiger partial charge in [-0.25, -0.2) is 4.79 Å². The van der Waals surface area contributed by atoms with Crippen LogP contribution in [-0.2, 0) is 11.3 Å². The van der Waals surface area contributed by atoms with E-state index in [0.717, 1.165) is 11.3 Å². The predicted octanol–water partition coefficient (Wildman–Crippen LogP) is 2.65. The summed E-state index contributed by atoms with van der Waals surface area (Å²) in [5, 5.41) is 12.8. The average Bonchev–Trinajstić information content (AvgIpc) is 3.03. The minimum Gasteiger partial charge on any atom is -0.395 e. The van der Waals surface area contributed by atoms with Crippen LogP contribution in [0.2, 0.25) is 5.02 Å². The van der Waals surface area contributed by atoms with E-state index in [1.165, 1.54) is 0 Å². The number of anilines is 1. The molecular weight excluding hydrogens is 366 g/mol. The van der Waals surface area contributed by atoms with Crippen LogP contribution in [0.3, 0.4) is 0 Å². The van der Waals surface area contributed by atoms with E-state index in [9.17, 15) is 14.7 Å². The summed E-state index contributed by atoms with van der Waals surface area (Å²) in [5.74, 6) is -0.0422. The van der Waals surface area contributed by atoms with E-state index in [1.54, 1.807) is 34.1 Å². The van der Waals surface area contributed by atoms with Crippen molar-refractivity contribution in [2.24, 2.45) is 0 Å². The first-order valence-corrected chi connectivity index (χ1v) is 9.21. The maximum absolute atomic E-state index is 12.6. The highest BCUT2D eigenvalue weighted by molar-refractivity contribution is 6.30. The Labute approximate surface area is 163 Å². The van der Waals surface area contributed by atoms with Gasteiger partial charge in [0.1, 0.15) is 0 Å². The van der Waals surface area contributed by atoms with Gasteiger partial charge in [-0.15, -0.1) is 0 Å². The molecule has 1 aliphatic heterocycles. The summed E-state index contributed by atoms with van der Waals surface area (Å²) >= 11 is 5.90. The first kappa shape index (κ1) is 19.2. The number of nitrogens with zero attached hydrogens (tertiary/aromatic N) is 2. The van der Waals surface area contributed by atoms with Gasteiger partial charge in [-0.05, 0) is 29.8 Å². The highest BCUT2D eigenvalue weighted by atomic mass is 35.5. The zero-order chi connectivity index (χ0) is 19.2. The fraction of sp³-hybridized carbons (Fsp3) is 0.300. The molecule has 2 aromatic carbocycles. The molecule has 0 unspecified atom stereocenters. The van der Waals surface area contributed by atoms with Crippen molar-refractivity contribution in [3.8, 4) is 0 Å². The largest absolute Gasteiger partial charge is 0.395 e. The fourth-order valence-corrected chi connectivity index (χ4v) is 3.24. The molecule has 1 saturated heterocycles. The van der Waals surface area contributed by atoms with Crippen LogP contribution in [0.4, 0.5) is 10.5 Å². The summed E-state index contributed by atoms with van der Waals surface area (Å²) in [5.41, 5.74) is 1.74. The number of carbonyl (C=O) groups excluding carboxylic acids is 2. The van der Waals surface area contributed by atoms with Gasteiger partial charge in [0.2, 0.25) is 5.91 Å². The van der Waals surface area contributed by atoms with E-state index in [0.29, 0.717) is 18.1 Å². The van der Waals surface area contributed by atoms with Crippen LogP contribution in [0.1, 0.15) is 12.0 Å². The van der Waals surface area contributed by atoms with Crippen molar-refractivity contribution < 1.29 is 14.7 Å². The second-order valence-corrected chi connectivity index (χ2v) is 6.90. The fourth-order valence-electron chi connectivity index (χ4n) is 3.12. The molecular formula is C20H22ClN3O3. The third kappa shape index (κ3) is 4.99. The number of hydrogen-bond donors (Lipinski definition) is 2. The van der Waals surface area contributed by atoms with Crippen molar-refractivity contribution in [3.63, 3.8) is 0 Å². The van der Waals surface area contributed by atoms with Gasteiger partial charge in [0.15, 0.2) is 0 Å². The molecule has 0 aromatic heterocycles. The number of carbonyl (C=O) groups is 2. The van der Waals surface area contributed by atoms with Crippen molar-refractivity contribution in [2.75, 3.05) is 24.6 Å². The van der Waals surface area contributed by atoms with Crippen LogP contribution in [0.25, 0.3) is 0 Å².